The lowest BCUT2D eigenvalue weighted by molar-refractivity contribution is -0.117. The summed E-state index contributed by atoms with van der Waals surface area (Å²) in [5.41, 5.74) is 1.85. The summed E-state index contributed by atoms with van der Waals surface area (Å²) in [6.07, 6.45) is 0.878. The number of ether oxygens (including phenoxy) is 1. The van der Waals surface area contributed by atoms with Crippen molar-refractivity contribution in [2.75, 3.05) is 12.4 Å². The Labute approximate surface area is 128 Å². The Bertz CT molecular complexity index is 654. The van der Waals surface area contributed by atoms with Gasteiger partial charge in [0.1, 0.15) is 5.75 Å². The van der Waals surface area contributed by atoms with Crippen LogP contribution in [0.3, 0.4) is 0 Å². The van der Waals surface area contributed by atoms with Crippen molar-refractivity contribution in [3.8, 4) is 5.75 Å². The SMILES string of the molecule is COc1ccc(C2CC2C(=O)Nc2ccccc2Cl)cc1. The molecule has 0 spiro atoms. The first-order chi connectivity index (χ1) is 10.2. The van der Waals surface area contributed by atoms with Crippen molar-refractivity contribution >= 4 is 23.2 Å². The van der Waals surface area contributed by atoms with Gasteiger partial charge in [-0.15, -0.1) is 0 Å². The van der Waals surface area contributed by atoms with E-state index in [9.17, 15) is 4.79 Å². The van der Waals surface area contributed by atoms with E-state index in [0.29, 0.717) is 16.6 Å². The van der Waals surface area contributed by atoms with Crippen molar-refractivity contribution in [1.82, 2.24) is 0 Å². The number of anilines is 1. The first-order valence-electron chi connectivity index (χ1n) is 6.88. The lowest BCUT2D eigenvalue weighted by atomic mass is 10.1. The van der Waals surface area contributed by atoms with Gasteiger partial charge in [0, 0.05) is 5.92 Å². The quantitative estimate of drug-likeness (QED) is 0.923. The summed E-state index contributed by atoms with van der Waals surface area (Å²) in [6, 6.07) is 15.2. The number of hydrogen-bond donors (Lipinski definition) is 1. The largest absolute Gasteiger partial charge is 0.497 e. The summed E-state index contributed by atoms with van der Waals surface area (Å²) < 4.78 is 5.14. The van der Waals surface area contributed by atoms with Crippen LogP contribution in [0.15, 0.2) is 48.5 Å². The molecule has 0 radical (unpaired) electrons. The summed E-state index contributed by atoms with van der Waals surface area (Å²) >= 11 is 6.05. The number of para-hydroxylation sites is 1. The van der Waals surface area contributed by atoms with E-state index in [1.165, 1.54) is 5.56 Å². The van der Waals surface area contributed by atoms with Crippen LogP contribution in [0.1, 0.15) is 17.9 Å². The highest BCUT2D eigenvalue weighted by Gasteiger charge is 2.43. The average Bonchev–Trinajstić information content (AvgIpc) is 3.30. The molecule has 0 bridgehead atoms. The maximum Gasteiger partial charge on any atom is 0.228 e. The van der Waals surface area contributed by atoms with Crippen LogP contribution < -0.4 is 10.1 Å². The maximum absolute atomic E-state index is 12.2. The molecular weight excluding hydrogens is 286 g/mol. The summed E-state index contributed by atoms with van der Waals surface area (Å²) in [5.74, 6) is 1.17. The van der Waals surface area contributed by atoms with Gasteiger partial charge in [-0.05, 0) is 42.2 Å². The lowest BCUT2D eigenvalue weighted by Crippen LogP contribution is -2.14. The van der Waals surface area contributed by atoms with Gasteiger partial charge in [-0.3, -0.25) is 4.79 Å². The fourth-order valence-corrected chi connectivity index (χ4v) is 2.68. The Morgan fingerprint density at radius 2 is 1.90 bits per heavy atom. The smallest absolute Gasteiger partial charge is 0.228 e. The highest BCUT2D eigenvalue weighted by molar-refractivity contribution is 6.33. The Morgan fingerprint density at radius 3 is 2.57 bits per heavy atom. The number of amides is 1. The second kappa shape index (κ2) is 5.78. The van der Waals surface area contributed by atoms with Crippen LogP contribution in [-0.4, -0.2) is 13.0 Å². The molecule has 1 N–H and O–H groups in total. The highest BCUT2D eigenvalue weighted by Crippen LogP contribution is 2.48. The molecule has 4 heteroatoms. The zero-order chi connectivity index (χ0) is 14.8. The van der Waals surface area contributed by atoms with E-state index in [2.05, 4.69) is 5.32 Å². The maximum atomic E-state index is 12.2. The van der Waals surface area contributed by atoms with E-state index >= 15 is 0 Å². The van der Waals surface area contributed by atoms with Crippen molar-refractivity contribution in [2.45, 2.75) is 12.3 Å². The third-order valence-electron chi connectivity index (χ3n) is 3.80. The van der Waals surface area contributed by atoms with Gasteiger partial charge in [-0.1, -0.05) is 35.9 Å². The van der Waals surface area contributed by atoms with E-state index in [1.807, 2.05) is 42.5 Å². The van der Waals surface area contributed by atoms with Gasteiger partial charge in [-0.25, -0.2) is 0 Å². The molecule has 1 aliphatic carbocycles. The number of rotatable bonds is 4. The van der Waals surface area contributed by atoms with E-state index in [1.54, 1.807) is 13.2 Å². The van der Waals surface area contributed by atoms with Crippen LogP contribution in [0.2, 0.25) is 5.02 Å². The monoisotopic (exact) mass is 301 g/mol. The standard InChI is InChI=1S/C17H16ClNO2/c1-21-12-8-6-11(7-9-12)13-10-14(13)17(20)19-16-5-3-2-4-15(16)18/h2-9,13-14H,10H2,1H3,(H,19,20). The van der Waals surface area contributed by atoms with Gasteiger partial charge in [0.05, 0.1) is 17.8 Å². The molecule has 0 aliphatic heterocycles. The van der Waals surface area contributed by atoms with E-state index < -0.39 is 0 Å². The lowest BCUT2D eigenvalue weighted by Gasteiger charge is -2.07. The van der Waals surface area contributed by atoms with Crippen LogP contribution >= 0.6 is 11.6 Å². The average molecular weight is 302 g/mol. The topological polar surface area (TPSA) is 38.3 Å². The van der Waals surface area contributed by atoms with Gasteiger partial charge in [-0.2, -0.15) is 0 Å². The van der Waals surface area contributed by atoms with Gasteiger partial charge in [0.2, 0.25) is 5.91 Å². The molecular formula is C17H16ClNO2. The van der Waals surface area contributed by atoms with Gasteiger partial charge < -0.3 is 10.1 Å². The minimum atomic E-state index is 0.0228. The van der Waals surface area contributed by atoms with E-state index in [-0.39, 0.29) is 11.8 Å². The Balaban J connectivity index is 1.64. The molecule has 0 saturated heterocycles. The molecule has 21 heavy (non-hydrogen) atoms. The third-order valence-corrected chi connectivity index (χ3v) is 4.13. The first kappa shape index (κ1) is 14.0. The highest BCUT2D eigenvalue weighted by atomic mass is 35.5. The number of methoxy groups -OCH3 is 1. The predicted octanol–water partition coefficient (Wildman–Crippen LogP) is 4.09. The Kier molecular flexibility index (Phi) is 3.84. The van der Waals surface area contributed by atoms with Crippen LogP contribution in [0, 0.1) is 5.92 Å². The van der Waals surface area contributed by atoms with Crippen molar-refractivity contribution in [1.29, 1.82) is 0 Å². The molecule has 1 fully saturated rings. The van der Waals surface area contributed by atoms with Crippen LogP contribution in [0.4, 0.5) is 5.69 Å². The molecule has 2 aromatic carbocycles. The minimum absolute atomic E-state index is 0.0228. The molecule has 1 aliphatic rings. The molecule has 3 rings (SSSR count). The molecule has 2 unspecified atom stereocenters. The molecule has 0 aromatic heterocycles. The summed E-state index contributed by atoms with van der Waals surface area (Å²) in [4.78, 5) is 12.2. The van der Waals surface area contributed by atoms with Crippen molar-refractivity contribution < 1.29 is 9.53 Å². The van der Waals surface area contributed by atoms with Crippen molar-refractivity contribution in [2.24, 2.45) is 5.92 Å². The first-order valence-corrected chi connectivity index (χ1v) is 7.26. The molecule has 3 nitrogen and oxygen atoms in total. The molecule has 108 valence electrons. The van der Waals surface area contributed by atoms with E-state index in [0.717, 1.165) is 12.2 Å². The van der Waals surface area contributed by atoms with Crippen LogP contribution in [0.5, 0.6) is 5.75 Å². The van der Waals surface area contributed by atoms with E-state index in [4.69, 9.17) is 16.3 Å². The predicted molar refractivity (Wildman–Crippen MR) is 83.9 cm³/mol. The molecule has 1 amide bonds. The number of benzene rings is 2. The molecule has 0 heterocycles. The summed E-state index contributed by atoms with van der Waals surface area (Å²) in [5, 5.41) is 3.46. The number of hydrogen-bond acceptors (Lipinski definition) is 2. The normalized spacial score (nSPS) is 19.9. The zero-order valence-corrected chi connectivity index (χ0v) is 12.4. The van der Waals surface area contributed by atoms with Crippen molar-refractivity contribution in [3.05, 3.63) is 59.1 Å². The van der Waals surface area contributed by atoms with Gasteiger partial charge in [0.15, 0.2) is 0 Å². The number of nitrogens with one attached hydrogen (secondary N) is 1. The van der Waals surface area contributed by atoms with Gasteiger partial charge in [0.25, 0.3) is 0 Å². The molecule has 1 saturated carbocycles. The van der Waals surface area contributed by atoms with Crippen LogP contribution in [-0.2, 0) is 4.79 Å². The zero-order valence-electron chi connectivity index (χ0n) is 11.7. The molecule has 2 atom stereocenters. The number of carbonyl (C=O) groups excluding carboxylic acids is 1. The minimum Gasteiger partial charge on any atom is -0.497 e. The van der Waals surface area contributed by atoms with Crippen molar-refractivity contribution in [3.63, 3.8) is 0 Å². The number of carbonyl (C=O) groups is 1. The van der Waals surface area contributed by atoms with Crippen LogP contribution in [0.25, 0.3) is 0 Å². The Hall–Kier alpha value is -2.00. The second-order valence-electron chi connectivity index (χ2n) is 5.19. The number of halogens is 1. The fraction of sp³-hybridized carbons (Fsp3) is 0.235. The second-order valence-corrected chi connectivity index (χ2v) is 5.60. The summed E-state index contributed by atoms with van der Waals surface area (Å²) in [7, 11) is 1.64. The third kappa shape index (κ3) is 3.03. The van der Waals surface area contributed by atoms with Gasteiger partial charge >= 0.3 is 0 Å². The fourth-order valence-electron chi connectivity index (χ4n) is 2.49. The molecule has 2 aromatic rings. The Morgan fingerprint density at radius 1 is 1.19 bits per heavy atom. The summed E-state index contributed by atoms with van der Waals surface area (Å²) in [6.45, 7) is 0.